The van der Waals surface area contributed by atoms with E-state index in [2.05, 4.69) is 15.3 Å². The summed E-state index contributed by atoms with van der Waals surface area (Å²) in [5.41, 5.74) is 1.000. The lowest BCUT2D eigenvalue weighted by Gasteiger charge is -2.05. The summed E-state index contributed by atoms with van der Waals surface area (Å²) in [5.74, 6) is 0.593. The van der Waals surface area contributed by atoms with E-state index in [1.807, 2.05) is 6.92 Å². The highest BCUT2D eigenvalue weighted by Gasteiger charge is 2.01. The Morgan fingerprint density at radius 2 is 1.94 bits per heavy atom. The highest BCUT2D eigenvalue weighted by Crippen LogP contribution is 1.97. The minimum atomic E-state index is -2.94. The van der Waals surface area contributed by atoms with Gasteiger partial charge in [-0.1, -0.05) is 0 Å². The molecule has 0 aromatic carbocycles. The topological polar surface area (TPSA) is 81.2 Å². The molecule has 0 spiro atoms. The number of aryl methyl sites for hydroxylation is 1. The van der Waals surface area contributed by atoms with E-state index < -0.39 is 9.84 Å². The molecule has 1 rings (SSSR count). The summed E-state index contributed by atoms with van der Waals surface area (Å²) >= 11 is 0. The van der Waals surface area contributed by atoms with Crippen molar-refractivity contribution in [2.45, 2.75) is 6.92 Å². The van der Waals surface area contributed by atoms with Crippen LogP contribution in [0, 0.1) is 6.92 Å². The van der Waals surface area contributed by atoms with E-state index in [1.165, 1.54) is 6.26 Å². The third-order valence-corrected chi connectivity index (χ3v) is 2.82. The van der Waals surface area contributed by atoms with Crippen molar-refractivity contribution in [1.29, 1.82) is 0 Å². The van der Waals surface area contributed by atoms with Crippen LogP contribution in [0.2, 0.25) is 0 Å². The van der Waals surface area contributed by atoms with Crippen molar-refractivity contribution < 1.29 is 13.2 Å². The number of ether oxygens (including phenoxy) is 1. The van der Waals surface area contributed by atoms with Gasteiger partial charge in [-0.25, -0.2) is 18.4 Å². The molecule has 0 amide bonds. The first-order valence-electron chi connectivity index (χ1n) is 5.25. The van der Waals surface area contributed by atoms with Crippen molar-refractivity contribution in [3.8, 4) is 0 Å². The van der Waals surface area contributed by atoms with E-state index in [-0.39, 0.29) is 12.4 Å². The van der Waals surface area contributed by atoms with Crippen molar-refractivity contribution in [3.63, 3.8) is 0 Å². The third-order valence-electron chi connectivity index (χ3n) is 1.91. The highest BCUT2D eigenvalue weighted by atomic mass is 32.2. The molecule has 0 bridgehead atoms. The van der Waals surface area contributed by atoms with Gasteiger partial charge in [0.05, 0.1) is 19.0 Å². The molecule has 7 heteroatoms. The van der Waals surface area contributed by atoms with E-state index in [0.29, 0.717) is 19.1 Å². The van der Waals surface area contributed by atoms with Gasteiger partial charge in [0.15, 0.2) is 0 Å². The molecule has 0 saturated heterocycles. The van der Waals surface area contributed by atoms with E-state index in [4.69, 9.17) is 4.74 Å². The summed E-state index contributed by atoms with van der Waals surface area (Å²) in [7, 11) is -2.94. The number of sulfone groups is 1. The second kappa shape index (κ2) is 6.51. The molecule has 96 valence electrons. The fourth-order valence-corrected chi connectivity index (χ4v) is 1.45. The second-order valence-corrected chi connectivity index (χ2v) is 6.01. The van der Waals surface area contributed by atoms with Gasteiger partial charge in [0.1, 0.15) is 9.84 Å². The van der Waals surface area contributed by atoms with E-state index in [9.17, 15) is 8.42 Å². The van der Waals surface area contributed by atoms with Crippen LogP contribution in [0.4, 0.5) is 5.95 Å². The molecule has 6 nitrogen and oxygen atoms in total. The Balaban J connectivity index is 2.10. The summed E-state index contributed by atoms with van der Waals surface area (Å²) < 4.78 is 26.8. The van der Waals surface area contributed by atoms with Gasteiger partial charge in [-0.15, -0.1) is 0 Å². The first-order chi connectivity index (χ1) is 7.97. The summed E-state index contributed by atoms with van der Waals surface area (Å²) in [4.78, 5) is 8.12. The van der Waals surface area contributed by atoms with Gasteiger partial charge in [-0.2, -0.15) is 0 Å². The smallest absolute Gasteiger partial charge is 0.222 e. The van der Waals surface area contributed by atoms with Gasteiger partial charge in [0, 0.05) is 25.2 Å². The van der Waals surface area contributed by atoms with Crippen LogP contribution < -0.4 is 5.32 Å². The number of nitrogens with one attached hydrogen (secondary N) is 1. The highest BCUT2D eigenvalue weighted by molar-refractivity contribution is 7.90. The Hall–Kier alpha value is -1.21. The zero-order chi connectivity index (χ0) is 12.7. The SMILES string of the molecule is Cc1cnc(NCCOCCS(C)(=O)=O)nc1. The number of aromatic nitrogens is 2. The number of rotatable bonds is 7. The molecule has 0 radical (unpaired) electrons. The predicted molar refractivity (Wildman–Crippen MR) is 65.8 cm³/mol. The molecule has 0 aliphatic heterocycles. The lowest BCUT2D eigenvalue weighted by molar-refractivity contribution is 0.159. The van der Waals surface area contributed by atoms with Gasteiger partial charge >= 0.3 is 0 Å². The zero-order valence-electron chi connectivity index (χ0n) is 10.0. The second-order valence-electron chi connectivity index (χ2n) is 3.75. The molecule has 1 aromatic heterocycles. The first kappa shape index (κ1) is 13.9. The minimum Gasteiger partial charge on any atom is -0.379 e. The van der Waals surface area contributed by atoms with Crippen LogP contribution in [-0.4, -0.2) is 50.2 Å². The molecule has 17 heavy (non-hydrogen) atoms. The van der Waals surface area contributed by atoms with E-state index >= 15 is 0 Å². The number of hydrogen-bond donors (Lipinski definition) is 1. The Kier molecular flexibility index (Phi) is 5.30. The maximum atomic E-state index is 10.8. The van der Waals surface area contributed by atoms with Gasteiger partial charge in [0.2, 0.25) is 5.95 Å². The molecule has 0 aliphatic rings. The van der Waals surface area contributed by atoms with Crippen molar-refractivity contribution in [1.82, 2.24) is 9.97 Å². The summed E-state index contributed by atoms with van der Waals surface area (Å²) in [6.45, 7) is 3.10. The Labute approximate surface area is 101 Å². The fraction of sp³-hybridized carbons (Fsp3) is 0.600. The summed E-state index contributed by atoms with van der Waals surface area (Å²) in [6.07, 6.45) is 4.63. The maximum Gasteiger partial charge on any atom is 0.222 e. The molecular formula is C10H17N3O3S. The molecule has 1 heterocycles. The van der Waals surface area contributed by atoms with Crippen molar-refractivity contribution in [2.24, 2.45) is 0 Å². The van der Waals surface area contributed by atoms with Crippen LogP contribution in [0.3, 0.4) is 0 Å². The van der Waals surface area contributed by atoms with Crippen LogP contribution in [0.15, 0.2) is 12.4 Å². The van der Waals surface area contributed by atoms with Crippen LogP contribution in [0.25, 0.3) is 0 Å². The summed E-state index contributed by atoms with van der Waals surface area (Å²) in [6, 6.07) is 0. The van der Waals surface area contributed by atoms with Gasteiger partial charge in [0.25, 0.3) is 0 Å². The normalized spacial score (nSPS) is 11.4. The van der Waals surface area contributed by atoms with Gasteiger partial charge < -0.3 is 10.1 Å². The molecule has 0 aliphatic carbocycles. The van der Waals surface area contributed by atoms with Crippen molar-refractivity contribution >= 4 is 15.8 Å². The van der Waals surface area contributed by atoms with E-state index in [1.54, 1.807) is 12.4 Å². The van der Waals surface area contributed by atoms with Crippen molar-refractivity contribution in [3.05, 3.63) is 18.0 Å². The Morgan fingerprint density at radius 1 is 1.29 bits per heavy atom. The Bertz CT molecular complexity index is 431. The van der Waals surface area contributed by atoms with Gasteiger partial charge in [-0.05, 0) is 12.5 Å². The number of anilines is 1. The lowest BCUT2D eigenvalue weighted by atomic mass is 10.4. The average molecular weight is 259 g/mol. The van der Waals surface area contributed by atoms with Crippen LogP contribution in [0.5, 0.6) is 0 Å². The van der Waals surface area contributed by atoms with Crippen LogP contribution in [-0.2, 0) is 14.6 Å². The molecule has 1 aromatic rings. The number of hydrogen-bond acceptors (Lipinski definition) is 6. The third kappa shape index (κ3) is 6.85. The first-order valence-corrected chi connectivity index (χ1v) is 7.31. The van der Waals surface area contributed by atoms with Crippen LogP contribution >= 0.6 is 0 Å². The molecule has 1 N–H and O–H groups in total. The quantitative estimate of drug-likeness (QED) is 0.707. The van der Waals surface area contributed by atoms with Crippen molar-refractivity contribution in [2.75, 3.05) is 37.1 Å². The zero-order valence-corrected chi connectivity index (χ0v) is 10.8. The van der Waals surface area contributed by atoms with E-state index in [0.717, 1.165) is 5.56 Å². The Morgan fingerprint density at radius 3 is 2.53 bits per heavy atom. The molecule has 0 saturated carbocycles. The fourth-order valence-electron chi connectivity index (χ4n) is 1.03. The monoisotopic (exact) mass is 259 g/mol. The summed E-state index contributed by atoms with van der Waals surface area (Å²) in [5, 5.41) is 2.97. The average Bonchev–Trinajstić information content (AvgIpc) is 2.24. The standard InChI is InChI=1S/C10H17N3O3S/c1-9-7-12-10(13-8-9)11-3-4-16-5-6-17(2,14)15/h7-8H,3-6H2,1-2H3,(H,11,12,13). The maximum absolute atomic E-state index is 10.8. The molecule has 0 unspecified atom stereocenters. The molecule has 0 fully saturated rings. The molecular weight excluding hydrogens is 242 g/mol. The van der Waals surface area contributed by atoms with Gasteiger partial charge in [-0.3, -0.25) is 0 Å². The molecule has 0 atom stereocenters. The predicted octanol–water partition coefficient (Wildman–Crippen LogP) is 0.258. The largest absolute Gasteiger partial charge is 0.379 e. The van der Waals surface area contributed by atoms with Crippen LogP contribution in [0.1, 0.15) is 5.56 Å². The number of nitrogens with zero attached hydrogens (tertiary/aromatic N) is 2. The minimum absolute atomic E-state index is 0.0496. The lowest BCUT2D eigenvalue weighted by Crippen LogP contribution is -2.15.